The molecule has 0 spiro atoms. The number of anilines is 1. The number of carbonyl (C=O) groups excluding carboxylic acids is 1. The van der Waals surface area contributed by atoms with Crippen LogP contribution in [0.1, 0.15) is 30.0 Å². The van der Waals surface area contributed by atoms with Gasteiger partial charge < -0.3 is 25.0 Å². The second-order valence-electron chi connectivity index (χ2n) is 5.31. The minimum Gasteiger partial charge on any atom is -0.477 e. The molecule has 0 bridgehead atoms. The van der Waals surface area contributed by atoms with Gasteiger partial charge in [-0.25, -0.2) is 9.59 Å². The number of hydrogen-bond donors (Lipinski definition) is 3. The minimum absolute atomic E-state index is 0.0166. The molecule has 0 aliphatic heterocycles. The summed E-state index contributed by atoms with van der Waals surface area (Å²) in [5.41, 5.74) is 0.934. The summed E-state index contributed by atoms with van der Waals surface area (Å²) in [6.45, 7) is 7.21. The Morgan fingerprint density at radius 1 is 1.48 bits per heavy atom. The maximum absolute atomic E-state index is 12.3. The first-order valence-electron chi connectivity index (χ1n) is 6.83. The van der Waals surface area contributed by atoms with Gasteiger partial charge in [0.2, 0.25) is 0 Å². The number of amides is 2. The normalized spacial score (nSPS) is 10.7. The smallest absolute Gasteiger partial charge is 0.354 e. The largest absolute Gasteiger partial charge is 0.477 e. The number of carboxylic acid groups (broad SMARTS) is 1. The monoisotopic (exact) mass is 297 g/mol. The molecule has 2 amide bonds. The van der Waals surface area contributed by atoms with E-state index in [2.05, 4.69) is 10.3 Å². The molecule has 1 heterocycles. The summed E-state index contributed by atoms with van der Waals surface area (Å²) in [5.74, 6) is -0.801. The Balaban J connectivity index is 2.82. The summed E-state index contributed by atoms with van der Waals surface area (Å²) in [7, 11) is 1.57. The zero-order valence-electron chi connectivity index (χ0n) is 12.9. The zero-order valence-corrected chi connectivity index (χ0v) is 12.9. The SMILES string of the molecule is COCCN(CC(C)C)C(=O)Nc1cc(C)[nH]c1C(=O)O. The lowest BCUT2D eigenvalue weighted by Gasteiger charge is -2.24. The van der Waals surface area contributed by atoms with Gasteiger partial charge >= 0.3 is 12.0 Å². The number of aromatic carboxylic acids is 1. The number of nitrogens with zero attached hydrogens (tertiary/aromatic N) is 1. The highest BCUT2D eigenvalue weighted by atomic mass is 16.5. The number of urea groups is 1. The van der Waals surface area contributed by atoms with E-state index in [-0.39, 0.29) is 17.4 Å². The molecule has 1 aromatic heterocycles. The number of nitrogens with one attached hydrogen (secondary N) is 2. The summed E-state index contributed by atoms with van der Waals surface area (Å²) in [6.07, 6.45) is 0. The summed E-state index contributed by atoms with van der Waals surface area (Å²) in [4.78, 5) is 27.7. The number of ether oxygens (including phenoxy) is 1. The molecule has 0 aliphatic carbocycles. The fourth-order valence-corrected chi connectivity index (χ4v) is 1.97. The van der Waals surface area contributed by atoms with E-state index in [0.717, 1.165) is 0 Å². The van der Waals surface area contributed by atoms with Gasteiger partial charge in [0.25, 0.3) is 0 Å². The number of carboxylic acids is 1. The average Bonchev–Trinajstić information content (AvgIpc) is 2.75. The van der Waals surface area contributed by atoms with Crippen LogP contribution < -0.4 is 5.32 Å². The van der Waals surface area contributed by atoms with Crippen molar-refractivity contribution in [3.63, 3.8) is 0 Å². The van der Waals surface area contributed by atoms with Crippen LogP contribution in [0.2, 0.25) is 0 Å². The lowest BCUT2D eigenvalue weighted by atomic mass is 10.2. The van der Waals surface area contributed by atoms with Crippen molar-refractivity contribution in [2.75, 3.05) is 32.1 Å². The van der Waals surface area contributed by atoms with E-state index in [9.17, 15) is 9.59 Å². The van der Waals surface area contributed by atoms with Gasteiger partial charge in [-0.2, -0.15) is 0 Å². The van der Waals surface area contributed by atoms with Gasteiger partial charge in [0.15, 0.2) is 0 Å². The number of H-pyrrole nitrogens is 1. The van der Waals surface area contributed by atoms with E-state index < -0.39 is 5.97 Å². The Kier molecular flexibility index (Phi) is 6.23. The first-order chi connectivity index (χ1) is 9.85. The number of aromatic amines is 1. The van der Waals surface area contributed by atoms with Crippen molar-refractivity contribution in [2.45, 2.75) is 20.8 Å². The molecule has 0 aliphatic rings. The molecule has 0 atom stereocenters. The van der Waals surface area contributed by atoms with Gasteiger partial charge in [-0.3, -0.25) is 0 Å². The highest BCUT2D eigenvalue weighted by Crippen LogP contribution is 2.17. The van der Waals surface area contributed by atoms with Crippen LogP contribution in [0.15, 0.2) is 6.07 Å². The molecule has 1 aromatic rings. The fraction of sp³-hybridized carbons (Fsp3) is 0.571. The van der Waals surface area contributed by atoms with Crippen LogP contribution in [-0.2, 0) is 4.74 Å². The van der Waals surface area contributed by atoms with Crippen LogP contribution in [0.25, 0.3) is 0 Å². The summed E-state index contributed by atoms with van der Waals surface area (Å²) >= 11 is 0. The molecule has 7 nitrogen and oxygen atoms in total. The molecule has 118 valence electrons. The van der Waals surface area contributed by atoms with E-state index in [0.29, 0.717) is 31.3 Å². The number of methoxy groups -OCH3 is 1. The lowest BCUT2D eigenvalue weighted by molar-refractivity contribution is 0.0692. The number of carbonyl (C=O) groups is 2. The number of rotatable bonds is 7. The van der Waals surface area contributed by atoms with Gasteiger partial charge in [0.05, 0.1) is 12.3 Å². The van der Waals surface area contributed by atoms with Crippen molar-refractivity contribution >= 4 is 17.7 Å². The standard InChI is InChI=1S/C14H23N3O4/c1-9(2)8-17(5-6-21-4)14(20)16-11-7-10(3)15-12(11)13(18)19/h7,9,15H,5-6,8H2,1-4H3,(H,16,20)(H,18,19). The highest BCUT2D eigenvalue weighted by Gasteiger charge is 2.19. The molecule has 3 N–H and O–H groups in total. The van der Waals surface area contributed by atoms with Gasteiger partial charge in [0, 0.05) is 25.9 Å². The quantitative estimate of drug-likeness (QED) is 0.718. The molecule has 21 heavy (non-hydrogen) atoms. The highest BCUT2D eigenvalue weighted by molar-refractivity contribution is 5.99. The summed E-state index contributed by atoms with van der Waals surface area (Å²) < 4.78 is 5.00. The van der Waals surface area contributed by atoms with Crippen molar-refractivity contribution in [3.8, 4) is 0 Å². The molecule has 0 saturated heterocycles. The Hall–Kier alpha value is -2.02. The number of hydrogen-bond acceptors (Lipinski definition) is 3. The first-order valence-corrected chi connectivity index (χ1v) is 6.83. The van der Waals surface area contributed by atoms with Crippen molar-refractivity contribution < 1.29 is 19.4 Å². The predicted molar refractivity (Wildman–Crippen MR) is 79.8 cm³/mol. The molecule has 0 radical (unpaired) electrons. The second-order valence-corrected chi connectivity index (χ2v) is 5.31. The van der Waals surface area contributed by atoms with Crippen LogP contribution in [0.4, 0.5) is 10.5 Å². The molecule has 0 saturated carbocycles. The molecule has 1 rings (SSSR count). The molecule has 7 heteroatoms. The van der Waals surface area contributed by atoms with Gasteiger partial charge in [0.1, 0.15) is 5.69 Å². The van der Waals surface area contributed by atoms with Crippen LogP contribution in [0.3, 0.4) is 0 Å². The first kappa shape index (κ1) is 17.0. The molecular weight excluding hydrogens is 274 g/mol. The van der Waals surface area contributed by atoms with E-state index in [4.69, 9.17) is 9.84 Å². The van der Waals surface area contributed by atoms with Crippen molar-refractivity contribution in [1.29, 1.82) is 0 Å². The van der Waals surface area contributed by atoms with Crippen LogP contribution in [-0.4, -0.2) is 53.8 Å². The lowest BCUT2D eigenvalue weighted by Crippen LogP contribution is -2.39. The van der Waals surface area contributed by atoms with Crippen LogP contribution >= 0.6 is 0 Å². The Labute approximate surface area is 124 Å². The topological polar surface area (TPSA) is 94.7 Å². The third-order valence-electron chi connectivity index (χ3n) is 2.85. The molecular formula is C14H23N3O4. The third-order valence-corrected chi connectivity index (χ3v) is 2.85. The third kappa shape index (κ3) is 5.11. The average molecular weight is 297 g/mol. The maximum Gasteiger partial charge on any atom is 0.354 e. The molecule has 0 unspecified atom stereocenters. The van der Waals surface area contributed by atoms with E-state index in [1.54, 1.807) is 25.0 Å². The van der Waals surface area contributed by atoms with Crippen LogP contribution in [0, 0.1) is 12.8 Å². The van der Waals surface area contributed by atoms with Crippen molar-refractivity contribution in [2.24, 2.45) is 5.92 Å². The Bertz CT molecular complexity index is 496. The number of aromatic nitrogens is 1. The van der Waals surface area contributed by atoms with Crippen molar-refractivity contribution in [1.82, 2.24) is 9.88 Å². The number of aryl methyl sites for hydroxylation is 1. The minimum atomic E-state index is -1.11. The zero-order chi connectivity index (χ0) is 16.0. The van der Waals surface area contributed by atoms with Crippen LogP contribution in [0.5, 0.6) is 0 Å². The fourth-order valence-electron chi connectivity index (χ4n) is 1.97. The van der Waals surface area contributed by atoms with Crippen molar-refractivity contribution in [3.05, 3.63) is 17.5 Å². The summed E-state index contributed by atoms with van der Waals surface area (Å²) in [6, 6.07) is 1.27. The Morgan fingerprint density at radius 3 is 2.67 bits per heavy atom. The van der Waals surface area contributed by atoms with E-state index >= 15 is 0 Å². The Morgan fingerprint density at radius 2 is 2.14 bits per heavy atom. The molecule has 0 fully saturated rings. The summed E-state index contributed by atoms with van der Waals surface area (Å²) in [5, 5.41) is 11.7. The van der Waals surface area contributed by atoms with Gasteiger partial charge in [-0.15, -0.1) is 0 Å². The predicted octanol–water partition coefficient (Wildman–Crippen LogP) is 2.16. The van der Waals surface area contributed by atoms with Gasteiger partial charge in [-0.05, 0) is 18.9 Å². The molecule has 0 aromatic carbocycles. The second kappa shape index (κ2) is 7.68. The van der Waals surface area contributed by atoms with E-state index in [1.807, 2.05) is 13.8 Å². The van der Waals surface area contributed by atoms with Gasteiger partial charge in [-0.1, -0.05) is 13.8 Å². The maximum atomic E-state index is 12.3. The van der Waals surface area contributed by atoms with E-state index in [1.165, 1.54) is 0 Å².